The number of aromatic nitrogens is 6. The van der Waals surface area contributed by atoms with Crippen LogP contribution in [0.2, 0.25) is 0 Å². The van der Waals surface area contributed by atoms with Crippen LogP contribution >= 0.6 is 0 Å². The smallest absolute Gasteiger partial charge is 0.227 e. The zero-order chi connectivity index (χ0) is 16.5. The van der Waals surface area contributed by atoms with Gasteiger partial charge in [-0.2, -0.15) is 15.2 Å². The lowest BCUT2D eigenvalue weighted by atomic mass is 10.1. The van der Waals surface area contributed by atoms with Crippen molar-refractivity contribution >= 4 is 17.1 Å². The van der Waals surface area contributed by atoms with Gasteiger partial charge in [-0.05, 0) is 19.9 Å². The largest absolute Gasteiger partial charge is 0.370 e. The van der Waals surface area contributed by atoms with Gasteiger partial charge in [-0.15, -0.1) is 0 Å². The van der Waals surface area contributed by atoms with Gasteiger partial charge in [0.25, 0.3) is 0 Å². The number of hydrogen-bond acceptors (Lipinski definition) is 8. The Balaban J connectivity index is 1.62. The summed E-state index contributed by atoms with van der Waals surface area (Å²) in [5.74, 6) is 0.648. The minimum Gasteiger partial charge on any atom is -0.370 e. The molecule has 0 saturated carbocycles. The fraction of sp³-hybridized carbons (Fsp3) is 0.375. The predicted molar refractivity (Wildman–Crippen MR) is 87.5 cm³/mol. The van der Waals surface area contributed by atoms with Crippen LogP contribution in [0.25, 0.3) is 11.2 Å². The van der Waals surface area contributed by atoms with Crippen molar-refractivity contribution in [3.05, 3.63) is 41.6 Å². The molecule has 1 saturated heterocycles. The van der Waals surface area contributed by atoms with Gasteiger partial charge in [0.1, 0.15) is 11.6 Å². The Kier molecular flexibility index (Phi) is 3.73. The Bertz CT molecular complexity index is 885. The zero-order valence-electron chi connectivity index (χ0n) is 13.5. The maximum absolute atomic E-state index is 5.88. The van der Waals surface area contributed by atoms with Crippen molar-refractivity contribution in [2.75, 3.05) is 24.6 Å². The summed E-state index contributed by atoms with van der Waals surface area (Å²) in [5.41, 5.74) is 4.04. The van der Waals surface area contributed by atoms with Gasteiger partial charge in [0.05, 0.1) is 36.9 Å². The molecule has 0 amide bonds. The molecule has 0 aliphatic carbocycles. The molecule has 0 unspecified atom stereocenters. The summed E-state index contributed by atoms with van der Waals surface area (Å²) in [6.07, 6.45) is 5.11. The van der Waals surface area contributed by atoms with E-state index in [0.29, 0.717) is 30.3 Å². The van der Waals surface area contributed by atoms with Crippen LogP contribution in [-0.4, -0.2) is 49.8 Å². The molecule has 24 heavy (non-hydrogen) atoms. The second-order valence-corrected chi connectivity index (χ2v) is 5.83. The van der Waals surface area contributed by atoms with Gasteiger partial charge in [0.2, 0.25) is 5.95 Å². The topological polar surface area (TPSA) is 89.8 Å². The molecule has 1 aliphatic rings. The van der Waals surface area contributed by atoms with E-state index in [4.69, 9.17) is 4.74 Å². The number of hydrogen-bond donors (Lipinski definition) is 0. The summed E-state index contributed by atoms with van der Waals surface area (Å²) < 4.78 is 5.88. The van der Waals surface area contributed by atoms with Crippen LogP contribution in [0.1, 0.15) is 23.1 Å². The summed E-state index contributed by atoms with van der Waals surface area (Å²) in [6, 6.07) is 2.00. The zero-order valence-corrected chi connectivity index (χ0v) is 13.5. The van der Waals surface area contributed by atoms with Crippen LogP contribution < -0.4 is 4.90 Å². The highest BCUT2D eigenvalue weighted by Crippen LogP contribution is 2.24. The molecule has 0 N–H and O–H groups in total. The molecule has 1 atom stereocenters. The molecule has 0 bridgehead atoms. The molecule has 0 aromatic carbocycles. The molecular formula is C16H17N7O. The summed E-state index contributed by atoms with van der Waals surface area (Å²) in [6.45, 7) is 5.82. The molecule has 0 spiro atoms. The van der Waals surface area contributed by atoms with Gasteiger partial charge >= 0.3 is 0 Å². The number of aryl methyl sites for hydroxylation is 2. The first-order valence-corrected chi connectivity index (χ1v) is 7.81. The van der Waals surface area contributed by atoms with Gasteiger partial charge < -0.3 is 9.64 Å². The van der Waals surface area contributed by atoms with E-state index in [9.17, 15) is 0 Å². The Morgan fingerprint density at radius 3 is 2.88 bits per heavy atom. The van der Waals surface area contributed by atoms with Crippen LogP contribution in [0.15, 0.2) is 24.7 Å². The van der Waals surface area contributed by atoms with Crippen molar-refractivity contribution in [2.45, 2.75) is 20.0 Å². The van der Waals surface area contributed by atoms with Gasteiger partial charge in [-0.25, -0.2) is 15.0 Å². The third-order valence-electron chi connectivity index (χ3n) is 3.93. The maximum atomic E-state index is 5.88. The molecule has 122 valence electrons. The van der Waals surface area contributed by atoms with E-state index in [-0.39, 0.29) is 6.10 Å². The van der Waals surface area contributed by atoms with Crippen molar-refractivity contribution in [3.8, 4) is 0 Å². The molecule has 8 nitrogen and oxygen atoms in total. The van der Waals surface area contributed by atoms with Crippen LogP contribution in [0.3, 0.4) is 0 Å². The number of fused-ring (bicyclic) bond motifs is 1. The SMILES string of the molecule is Cc1cc([C@H]2CN(c3ncc4ncc(C)nc4n3)CCO2)cnn1. The molecule has 8 heteroatoms. The van der Waals surface area contributed by atoms with E-state index in [1.807, 2.05) is 19.9 Å². The highest BCUT2D eigenvalue weighted by atomic mass is 16.5. The number of nitrogens with zero attached hydrogens (tertiary/aromatic N) is 7. The van der Waals surface area contributed by atoms with E-state index in [1.54, 1.807) is 18.6 Å². The highest BCUT2D eigenvalue weighted by Gasteiger charge is 2.24. The quantitative estimate of drug-likeness (QED) is 0.699. The van der Waals surface area contributed by atoms with Crippen LogP contribution in [0, 0.1) is 13.8 Å². The number of anilines is 1. The van der Waals surface area contributed by atoms with E-state index in [0.717, 1.165) is 23.5 Å². The molecule has 1 fully saturated rings. The number of morpholine rings is 1. The fourth-order valence-corrected chi connectivity index (χ4v) is 2.74. The van der Waals surface area contributed by atoms with Gasteiger partial charge in [-0.1, -0.05) is 0 Å². The van der Waals surface area contributed by atoms with Crippen molar-refractivity contribution in [1.29, 1.82) is 0 Å². The standard InChI is InChI=1S/C16H17N7O/c1-10-5-12(7-19-22-10)14-9-23(3-4-24-14)16-18-8-13-15(21-16)20-11(2)6-17-13/h5-8,14H,3-4,9H2,1-2H3/t14-/m1/s1. The lowest BCUT2D eigenvalue weighted by Crippen LogP contribution is -2.39. The first-order chi connectivity index (χ1) is 11.7. The van der Waals surface area contributed by atoms with Gasteiger partial charge in [0.15, 0.2) is 5.65 Å². The first kappa shape index (κ1) is 14.8. The first-order valence-electron chi connectivity index (χ1n) is 7.81. The lowest BCUT2D eigenvalue weighted by molar-refractivity contribution is 0.0389. The van der Waals surface area contributed by atoms with Crippen LogP contribution in [-0.2, 0) is 4.74 Å². The van der Waals surface area contributed by atoms with Crippen LogP contribution in [0.5, 0.6) is 0 Å². The van der Waals surface area contributed by atoms with E-state index in [2.05, 4.69) is 35.0 Å². The van der Waals surface area contributed by atoms with Crippen molar-refractivity contribution in [1.82, 2.24) is 30.1 Å². The Hall–Kier alpha value is -2.74. The summed E-state index contributed by atoms with van der Waals surface area (Å²) in [5, 5.41) is 8.00. The lowest BCUT2D eigenvalue weighted by Gasteiger charge is -2.33. The molecule has 3 aromatic rings. The van der Waals surface area contributed by atoms with E-state index < -0.39 is 0 Å². The number of rotatable bonds is 2. The minimum atomic E-state index is -0.0733. The molecule has 4 rings (SSSR count). The van der Waals surface area contributed by atoms with Crippen molar-refractivity contribution in [2.24, 2.45) is 0 Å². The van der Waals surface area contributed by atoms with E-state index >= 15 is 0 Å². The van der Waals surface area contributed by atoms with Crippen molar-refractivity contribution in [3.63, 3.8) is 0 Å². The monoisotopic (exact) mass is 323 g/mol. The fourth-order valence-electron chi connectivity index (χ4n) is 2.74. The Morgan fingerprint density at radius 2 is 2.00 bits per heavy atom. The third kappa shape index (κ3) is 2.88. The second kappa shape index (κ2) is 6.04. The average Bonchev–Trinajstić information content (AvgIpc) is 2.61. The Labute approximate surface area is 139 Å². The summed E-state index contributed by atoms with van der Waals surface area (Å²) >= 11 is 0. The summed E-state index contributed by atoms with van der Waals surface area (Å²) in [4.78, 5) is 19.8. The normalized spacial score (nSPS) is 18.1. The maximum Gasteiger partial charge on any atom is 0.227 e. The Morgan fingerprint density at radius 1 is 1.08 bits per heavy atom. The number of ether oxygens (including phenoxy) is 1. The van der Waals surface area contributed by atoms with Crippen molar-refractivity contribution < 1.29 is 4.74 Å². The molecular weight excluding hydrogens is 306 g/mol. The van der Waals surface area contributed by atoms with Gasteiger partial charge in [-0.3, -0.25) is 0 Å². The molecule has 1 aliphatic heterocycles. The average molecular weight is 323 g/mol. The van der Waals surface area contributed by atoms with Gasteiger partial charge in [0, 0.05) is 18.3 Å². The second-order valence-electron chi connectivity index (χ2n) is 5.83. The van der Waals surface area contributed by atoms with Crippen LogP contribution in [0.4, 0.5) is 5.95 Å². The minimum absolute atomic E-state index is 0.0733. The molecule has 4 heterocycles. The van der Waals surface area contributed by atoms with E-state index in [1.165, 1.54) is 0 Å². The predicted octanol–water partition coefficient (Wildman–Crippen LogP) is 1.40. The molecule has 3 aromatic heterocycles. The molecule has 0 radical (unpaired) electrons. The summed E-state index contributed by atoms with van der Waals surface area (Å²) in [7, 11) is 0. The third-order valence-corrected chi connectivity index (χ3v) is 3.93. The highest BCUT2D eigenvalue weighted by molar-refractivity contribution is 5.69.